The summed E-state index contributed by atoms with van der Waals surface area (Å²) in [6.07, 6.45) is 0.448. The lowest BCUT2D eigenvalue weighted by molar-refractivity contribution is -0.143. The van der Waals surface area contributed by atoms with Crippen LogP contribution in [0.1, 0.15) is 18.9 Å². The summed E-state index contributed by atoms with van der Waals surface area (Å²) < 4.78 is 39.7. The molecule has 1 aliphatic rings. The number of benzene rings is 1. The number of hydrogen-bond donors (Lipinski definition) is 1. The van der Waals surface area contributed by atoms with Crippen molar-refractivity contribution in [2.24, 2.45) is 11.8 Å². The molecular formula is C14H18FNO4S. The summed E-state index contributed by atoms with van der Waals surface area (Å²) in [6, 6.07) is 3.61. The second-order valence-corrected chi connectivity index (χ2v) is 7.60. The number of hydrogen-bond acceptors (Lipinski definition) is 3. The van der Waals surface area contributed by atoms with Crippen LogP contribution >= 0.6 is 0 Å². The van der Waals surface area contributed by atoms with Crippen LogP contribution < -0.4 is 0 Å². The van der Waals surface area contributed by atoms with Gasteiger partial charge in [0.25, 0.3) is 0 Å². The summed E-state index contributed by atoms with van der Waals surface area (Å²) in [6.45, 7) is 3.61. The van der Waals surface area contributed by atoms with Crippen LogP contribution in [-0.2, 0) is 14.8 Å². The average molecular weight is 315 g/mol. The maximum atomic E-state index is 13.4. The van der Waals surface area contributed by atoms with E-state index in [0.717, 1.165) is 10.4 Å². The van der Waals surface area contributed by atoms with E-state index in [1.165, 1.54) is 12.1 Å². The topological polar surface area (TPSA) is 74.7 Å². The van der Waals surface area contributed by atoms with E-state index in [1.54, 1.807) is 6.92 Å². The first kappa shape index (κ1) is 15.9. The molecule has 5 nitrogen and oxygen atoms in total. The van der Waals surface area contributed by atoms with E-state index in [0.29, 0.717) is 12.0 Å². The van der Waals surface area contributed by atoms with Crippen LogP contribution in [0.2, 0.25) is 0 Å². The SMILES string of the molecule is Cc1cc(F)cc(S(=O)(=O)N2CC(C)CC(C(=O)O)C2)c1. The van der Waals surface area contributed by atoms with Crippen molar-refractivity contribution in [3.63, 3.8) is 0 Å². The van der Waals surface area contributed by atoms with E-state index in [1.807, 2.05) is 6.92 Å². The number of nitrogens with zero attached hydrogens (tertiary/aromatic N) is 1. The molecule has 2 unspecified atom stereocenters. The Kier molecular flexibility index (Phi) is 4.34. The zero-order valence-electron chi connectivity index (χ0n) is 11.9. The van der Waals surface area contributed by atoms with Crippen molar-refractivity contribution in [1.82, 2.24) is 4.31 Å². The molecule has 1 aromatic carbocycles. The highest BCUT2D eigenvalue weighted by Crippen LogP contribution is 2.27. The number of carboxylic acid groups (broad SMARTS) is 1. The Bertz CT molecular complexity index is 639. The fraction of sp³-hybridized carbons (Fsp3) is 0.500. The molecule has 7 heteroatoms. The summed E-state index contributed by atoms with van der Waals surface area (Å²) in [5.74, 6) is -2.40. The molecule has 1 fully saturated rings. The molecule has 1 saturated heterocycles. The van der Waals surface area contributed by atoms with Crippen LogP contribution in [0.15, 0.2) is 23.1 Å². The Balaban J connectivity index is 2.36. The van der Waals surface area contributed by atoms with Gasteiger partial charge in [-0.25, -0.2) is 12.8 Å². The summed E-state index contributed by atoms with van der Waals surface area (Å²) >= 11 is 0. The molecule has 1 N–H and O–H groups in total. The average Bonchev–Trinajstić information content (AvgIpc) is 2.36. The first-order chi connectivity index (χ1) is 9.70. The monoisotopic (exact) mass is 315 g/mol. The number of carboxylic acids is 1. The highest BCUT2D eigenvalue weighted by atomic mass is 32.2. The molecule has 1 aromatic rings. The Morgan fingerprint density at radius 3 is 2.57 bits per heavy atom. The van der Waals surface area contributed by atoms with Crippen LogP contribution in [0.3, 0.4) is 0 Å². The van der Waals surface area contributed by atoms with Crippen molar-refractivity contribution in [1.29, 1.82) is 0 Å². The maximum absolute atomic E-state index is 13.4. The highest BCUT2D eigenvalue weighted by molar-refractivity contribution is 7.89. The number of sulfonamides is 1. The van der Waals surface area contributed by atoms with Gasteiger partial charge in [-0.2, -0.15) is 4.31 Å². The Morgan fingerprint density at radius 1 is 1.33 bits per heavy atom. The second-order valence-electron chi connectivity index (χ2n) is 5.66. The third kappa shape index (κ3) is 3.41. The van der Waals surface area contributed by atoms with Gasteiger partial charge in [-0.15, -0.1) is 0 Å². The molecule has 0 aromatic heterocycles. The lowest BCUT2D eigenvalue weighted by Gasteiger charge is -2.33. The van der Waals surface area contributed by atoms with Crippen molar-refractivity contribution < 1.29 is 22.7 Å². The lowest BCUT2D eigenvalue weighted by atomic mass is 9.92. The minimum absolute atomic E-state index is 0.0516. The smallest absolute Gasteiger partial charge is 0.307 e. The van der Waals surface area contributed by atoms with E-state index < -0.39 is 27.7 Å². The van der Waals surface area contributed by atoms with E-state index in [-0.39, 0.29) is 23.9 Å². The Hall–Kier alpha value is -1.47. The zero-order valence-corrected chi connectivity index (χ0v) is 12.7. The van der Waals surface area contributed by atoms with Gasteiger partial charge in [0.1, 0.15) is 5.82 Å². The minimum Gasteiger partial charge on any atom is -0.481 e. The summed E-state index contributed by atoms with van der Waals surface area (Å²) in [4.78, 5) is 11.0. The molecule has 2 atom stereocenters. The molecule has 1 aliphatic heterocycles. The van der Waals surface area contributed by atoms with Gasteiger partial charge in [0.2, 0.25) is 10.0 Å². The van der Waals surface area contributed by atoms with Crippen molar-refractivity contribution in [3.8, 4) is 0 Å². The number of rotatable bonds is 3. The van der Waals surface area contributed by atoms with Crippen LogP contribution in [0.25, 0.3) is 0 Å². The van der Waals surface area contributed by atoms with Crippen LogP contribution in [0.5, 0.6) is 0 Å². The third-order valence-corrected chi connectivity index (χ3v) is 5.44. The fourth-order valence-electron chi connectivity index (χ4n) is 2.68. The molecule has 0 bridgehead atoms. The quantitative estimate of drug-likeness (QED) is 0.924. The first-order valence-electron chi connectivity index (χ1n) is 6.70. The number of aryl methyl sites for hydroxylation is 1. The molecular weight excluding hydrogens is 297 g/mol. The van der Waals surface area contributed by atoms with Gasteiger partial charge < -0.3 is 5.11 Å². The molecule has 0 spiro atoms. The van der Waals surface area contributed by atoms with Crippen LogP contribution in [0.4, 0.5) is 4.39 Å². The van der Waals surface area contributed by atoms with Crippen molar-refractivity contribution in [2.45, 2.75) is 25.2 Å². The summed E-state index contributed by atoms with van der Waals surface area (Å²) in [5.41, 5.74) is 0.508. The zero-order chi connectivity index (χ0) is 15.8. The van der Waals surface area contributed by atoms with Gasteiger partial charge in [0.05, 0.1) is 10.8 Å². The first-order valence-corrected chi connectivity index (χ1v) is 8.14. The molecule has 0 radical (unpaired) electrons. The van der Waals surface area contributed by atoms with Crippen molar-refractivity contribution >= 4 is 16.0 Å². The van der Waals surface area contributed by atoms with Crippen molar-refractivity contribution in [2.75, 3.05) is 13.1 Å². The highest BCUT2D eigenvalue weighted by Gasteiger charge is 2.36. The summed E-state index contributed by atoms with van der Waals surface area (Å²) in [7, 11) is -3.88. The number of carbonyl (C=O) groups is 1. The van der Waals surface area contributed by atoms with E-state index in [2.05, 4.69) is 0 Å². The van der Waals surface area contributed by atoms with Crippen LogP contribution in [-0.4, -0.2) is 36.9 Å². The van der Waals surface area contributed by atoms with Gasteiger partial charge in [-0.3, -0.25) is 4.79 Å². The maximum Gasteiger partial charge on any atom is 0.307 e. The van der Waals surface area contributed by atoms with Gasteiger partial charge in [0.15, 0.2) is 0 Å². The van der Waals surface area contributed by atoms with Crippen molar-refractivity contribution in [3.05, 3.63) is 29.6 Å². The standard InChI is InChI=1S/C14H18FNO4S/c1-9-4-12(15)6-13(5-9)21(19,20)16-7-10(2)3-11(8-16)14(17)18/h4-6,10-11H,3,7-8H2,1-2H3,(H,17,18). The predicted octanol–water partition coefficient (Wildman–Crippen LogP) is 1.87. The molecule has 116 valence electrons. The van der Waals surface area contributed by atoms with E-state index in [4.69, 9.17) is 5.11 Å². The largest absolute Gasteiger partial charge is 0.481 e. The number of piperidine rings is 1. The molecule has 1 heterocycles. The third-order valence-electron chi connectivity index (χ3n) is 3.63. The van der Waals surface area contributed by atoms with E-state index >= 15 is 0 Å². The predicted molar refractivity (Wildman–Crippen MR) is 74.8 cm³/mol. The summed E-state index contributed by atoms with van der Waals surface area (Å²) in [5, 5.41) is 9.12. The number of aliphatic carboxylic acids is 1. The molecule has 0 aliphatic carbocycles. The molecule has 0 saturated carbocycles. The van der Waals surface area contributed by atoms with Gasteiger partial charge >= 0.3 is 5.97 Å². The lowest BCUT2D eigenvalue weighted by Crippen LogP contribution is -2.45. The van der Waals surface area contributed by atoms with Crippen LogP contribution in [0, 0.1) is 24.6 Å². The molecule has 21 heavy (non-hydrogen) atoms. The second kappa shape index (κ2) is 5.73. The number of halogens is 1. The normalized spacial score (nSPS) is 24.0. The van der Waals surface area contributed by atoms with Gasteiger partial charge in [0, 0.05) is 13.1 Å². The minimum atomic E-state index is -3.88. The van der Waals surface area contributed by atoms with Gasteiger partial charge in [-0.1, -0.05) is 6.92 Å². The fourth-order valence-corrected chi connectivity index (χ4v) is 4.40. The van der Waals surface area contributed by atoms with Gasteiger partial charge in [-0.05, 0) is 43.0 Å². The Labute approximate surface area is 123 Å². The van der Waals surface area contributed by atoms with E-state index in [9.17, 15) is 17.6 Å². The molecule has 2 rings (SSSR count). The Morgan fingerprint density at radius 2 is 2.00 bits per heavy atom. The molecule has 0 amide bonds.